The minimum absolute atomic E-state index is 0.887. The molecule has 2 aromatic rings. The Balaban J connectivity index is 1.76. The highest BCUT2D eigenvalue weighted by atomic mass is 16.5. The van der Waals surface area contributed by atoms with Crippen LogP contribution in [0, 0.1) is 0 Å². The molecule has 19 heavy (non-hydrogen) atoms. The molecular weight excluding hydrogens is 234 g/mol. The Hall–Kier alpha value is -1.96. The largest absolute Gasteiger partial charge is 0.457 e. The number of para-hydroxylation sites is 1. The van der Waals surface area contributed by atoms with Gasteiger partial charge in [-0.25, -0.2) is 0 Å². The van der Waals surface area contributed by atoms with Crippen LogP contribution < -0.4 is 9.64 Å². The molecule has 2 nitrogen and oxygen atoms in total. The van der Waals surface area contributed by atoms with Crippen molar-refractivity contribution in [2.75, 3.05) is 18.0 Å². The number of rotatable bonds is 3. The van der Waals surface area contributed by atoms with E-state index in [-0.39, 0.29) is 0 Å². The van der Waals surface area contributed by atoms with Gasteiger partial charge < -0.3 is 9.64 Å². The number of piperidine rings is 1. The summed E-state index contributed by atoms with van der Waals surface area (Å²) in [6.07, 6.45) is 3.95. The molecule has 0 atom stereocenters. The smallest absolute Gasteiger partial charge is 0.129 e. The van der Waals surface area contributed by atoms with Crippen LogP contribution in [-0.4, -0.2) is 13.1 Å². The summed E-state index contributed by atoms with van der Waals surface area (Å²) in [7, 11) is 0. The molecule has 0 saturated carbocycles. The molecule has 0 radical (unpaired) electrons. The van der Waals surface area contributed by atoms with Crippen LogP contribution in [-0.2, 0) is 0 Å². The normalized spacial score (nSPS) is 15.3. The molecular formula is C17H19NO. The van der Waals surface area contributed by atoms with Gasteiger partial charge >= 0.3 is 0 Å². The number of hydrogen-bond donors (Lipinski definition) is 0. The fourth-order valence-electron chi connectivity index (χ4n) is 2.52. The van der Waals surface area contributed by atoms with E-state index in [2.05, 4.69) is 23.1 Å². The van der Waals surface area contributed by atoms with Crippen LogP contribution in [0.4, 0.5) is 5.69 Å². The highest BCUT2D eigenvalue weighted by Gasteiger charge is 2.11. The minimum Gasteiger partial charge on any atom is -0.457 e. The second kappa shape index (κ2) is 5.79. The van der Waals surface area contributed by atoms with Gasteiger partial charge in [-0.3, -0.25) is 0 Å². The Bertz CT molecular complexity index is 518. The summed E-state index contributed by atoms with van der Waals surface area (Å²) in [6, 6.07) is 18.3. The number of ether oxygens (including phenoxy) is 1. The van der Waals surface area contributed by atoms with Gasteiger partial charge in [-0.2, -0.15) is 0 Å². The highest BCUT2D eigenvalue weighted by Crippen LogP contribution is 2.27. The first-order valence-electron chi connectivity index (χ1n) is 7.00. The molecule has 98 valence electrons. The van der Waals surface area contributed by atoms with Crippen molar-refractivity contribution in [2.24, 2.45) is 0 Å². The first-order valence-corrected chi connectivity index (χ1v) is 7.00. The SMILES string of the molecule is c1ccc(Oc2cccc(N3CCCCC3)c2)cc1. The van der Waals surface area contributed by atoms with Gasteiger partial charge in [-0.05, 0) is 43.5 Å². The molecule has 0 spiro atoms. The third-order valence-corrected chi connectivity index (χ3v) is 3.52. The standard InChI is InChI=1S/C17H19NO/c1-3-9-16(10-4-1)19-17-11-7-8-15(14-17)18-12-5-2-6-13-18/h1,3-4,7-11,14H,2,5-6,12-13H2. The van der Waals surface area contributed by atoms with Crippen LogP contribution in [0.15, 0.2) is 54.6 Å². The maximum absolute atomic E-state index is 5.88. The Labute approximate surface area is 114 Å². The van der Waals surface area contributed by atoms with Gasteiger partial charge in [0.1, 0.15) is 11.5 Å². The topological polar surface area (TPSA) is 12.5 Å². The maximum Gasteiger partial charge on any atom is 0.129 e. The van der Waals surface area contributed by atoms with Crippen LogP contribution in [0.25, 0.3) is 0 Å². The monoisotopic (exact) mass is 253 g/mol. The summed E-state index contributed by atoms with van der Waals surface area (Å²) in [5.41, 5.74) is 1.27. The van der Waals surface area contributed by atoms with E-state index >= 15 is 0 Å². The van der Waals surface area contributed by atoms with E-state index < -0.39 is 0 Å². The molecule has 0 aliphatic carbocycles. The molecule has 1 saturated heterocycles. The van der Waals surface area contributed by atoms with E-state index in [4.69, 9.17) is 4.74 Å². The zero-order valence-corrected chi connectivity index (χ0v) is 11.1. The molecule has 0 unspecified atom stereocenters. The van der Waals surface area contributed by atoms with E-state index in [1.54, 1.807) is 0 Å². The number of anilines is 1. The molecule has 2 aromatic carbocycles. The zero-order valence-electron chi connectivity index (χ0n) is 11.1. The van der Waals surface area contributed by atoms with Crippen LogP contribution in [0.1, 0.15) is 19.3 Å². The fraction of sp³-hybridized carbons (Fsp3) is 0.294. The van der Waals surface area contributed by atoms with Crippen LogP contribution in [0.2, 0.25) is 0 Å². The quantitative estimate of drug-likeness (QED) is 0.800. The lowest BCUT2D eigenvalue weighted by molar-refractivity contribution is 0.482. The van der Waals surface area contributed by atoms with Crippen molar-refractivity contribution in [1.82, 2.24) is 0 Å². The van der Waals surface area contributed by atoms with Crippen molar-refractivity contribution in [3.63, 3.8) is 0 Å². The Morgan fingerprint density at radius 3 is 2.26 bits per heavy atom. The van der Waals surface area contributed by atoms with Crippen molar-refractivity contribution in [2.45, 2.75) is 19.3 Å². The molecule has 1 aliphatic rings. The Morgan fingerprint density at radius 2 is 1.47 bits per heavy atom. The average Bonchev–Trinajstić information content (AvgIpc) is 2.49. The van der Waals surface area contributed by atoms with Gasteiger partial charge in [-0.15, -0.1) is 0 Å². The van der Waals surface area contributed by atoms with E-state index in [1.807, 2.05) is 36.4 Å². The highest BCUT2D eigenvalue weighted by molar-refractivity contribution is 5.51. The molecule has 3 rings (SSSR count). The summed E-state index contributed by atoms with van der Waals surface area (Å²) < 4.78 is 5.88. The van der Waals surface area contributed by atoms with Crippen molar-refractivity contribution in [3.05, 3.63) is 54.6 Å². The van der Waals surface area contributed by atoms with Crippen molar-refractivity contribution >= 4 is 5.69 Å². The molecule has 0 bridgehead atoms. The Morgan fingerprint density at radius 1 is 0.737 bits per heavy atom. The van der Waals surface area contributed by atoms with Gasteiger partial charge in [0.05, 0.1) is 0 Å². The number of benzene rings is 2. The third kappa shape index (κ3) is 3.08. The van der Waals surface area contributed by atoms with E-state index in [0.717, 1.165) is 24.6 Å². The molecule has 0 N–H and O–H groups in total. The van der Waals surface area contributed by atoms with Gasteiger partial charge in [0.25, 0.3) is 0 Å². The lowest BCUT2D eigenvalue weighted by Crippen LogP contribution is -2.29. The second-order valence-electron chi connectivity index (χ2n) is 4.96. The molecule has 2 heteroatoms. The van der Waals surface area contributed by atoms with E-state index in [1.165, 1.54) is 24.9 Å². The maximum atomic E-state index is 5.88. The van der Waals surface area contributed by atoms with E-state index in [9.17, 15) is 0 Å². The predicted octanol–water partition coefficient (Wildman–Crippen LogP) is 4.47. The lowest BCUT2D eigenvalue weighted by atomic mass is 10.1. The first kappa shape index (κ1) is 12.1. The number of nitrogens with zero attached hydrogens (tertiary/aromatic N) is 1. The molecule has 1 heterocycles. The second-order valence-corrected chi connectivity index (χ2v) is 4.96. The van der Waals surface area contributed by atoms with Crippen molar-refractivity contribution in [3.8, 4) is 11.5 Å². The summed E-state index contributed by atoms with van der Waals surface area (Å²) >= 11 is 0. The Kier molecular flexibility index (Phi) is 3.68. The van der Waals surface area contributed by atoms with E-state index in [0.29, 0.717) is 0 Å². The first-order chi connectivity index (χ1) is 9.42. The van der Waals surface area contributed by atoms with Gasteiger partial charge in [-0.1, -0.05) is 24.3 Å². The van der Waals surface area contributed by atoms with Gasteiger partial charge in [0, 0.05) is 24.8 Å². The summed E-state index contributed by atoms with van der Waals surface area (Å²) in [4.78, 5) is 2.45. The van der Waals surface area contributed by atoms with Crippen molar-refractivity contribution < 1.29 is 4.74 Å². The summed E-state index contributed by atoms with van der Waals surface area (Å²) in [5, 5.41) is 0. The average molecular weight is 253 g/mol. The lowest BCUT2D eigenvalue weighted by Gasteiger charge is -2.29. The summed E-state index contributed by atoms with van der Waals surface area (Å²) in [5.74, 6) is 1.80. The van der Waals surface area contributed by atoms with Gasteiger partial charge in [0.15, 0.2) is 0 Å². The van der Waals surface area contributed by atoms with Crippen LogP contribution in [0.5, 0.6) is 11.5 Å². The molecule has 1 aliphatic heterocycles. The fourth-order valence-corrected chi connectivity index (χ4v) is 2.52. The molecule has 0 aromatic heterocycles. The predicted molar refractivity (Wildman–Crippen MR) is 79.0 cm³/mol. The number of hydrogen-bond acceptors (Lipinski definition) is 2. The third-order valence-electron chi connectivity index (χ3n) is 3.52. The minimum atomic E-state index is 0.887. The molecule has 1 fully saturated rings. The van der Waals surface area contributed by atoms with Crippen LogP contribution in [0.3, 0.4) is 0 Å². The molecule has 0 amide bonds. The van der Waals surface area contributed by atoms with Gasteiger partial charge in [0.2, 0.25) is 0 Å². The summed E-state index contributed by atoms with van der Waals surface area (Å²) in [6.45, 7) is 2.32. The zero-order chi connectivity index (χ0) is 12.9. The van der Waals surface area contributed by atoms with Crippen LogP contribution >= 0.6 is 0 Å². The van der Waals surface area contributed by atoms with Crippen molar-refractivity contribution in [1.29, 1.82) is 0 Å².